The molecule has 1 atom stereocenters. The predicted molar refractivity (Wildman–Crippen MR) is 162 cm³/mol. The van der Waals surface area contributed by atoms with E-state index in [9.17, 15) is 0 Å². The van der Waals surface area contributed by atoms with E-state index in [4.69, 9.17) is 28.2 Å². The number of nitrogens with zero attached hydrogens (tertiary/aromatic N) is 1. The number of rotatable bonds is 15. The maximum Gasteiger partial charge on any atom is 0.640 e. The Balaban J connectivity index is 0.000000526. The highest BCUT2D eigenvalue weighted by molar-refractivity contribution is 6.36. The zero-order valence-corrected chi connectivity index (χ0v) is 25.2. The fourth-order valence-electron chi connectivity index (χ4n) is 3.82. The normalized spacial score (nSPS) is 13.4. The van der Waals surface area contributed by atoms with Gasteiger partial charge in [0.1, 0.15) is 18.0 Å². The second-order valence-corrected chi connectivity index (χ2v) is 10.5. The average Bonchev–Trinajstić information content (AvgIpc) is 2.95. The van der Waals surface area contributed by atoms with Gasteiger partial charge in [-0.25, -0.2) is 0 Å². The first kappa shape index (κ1) is 33.0. The summed E-state index contributed by atoms with van der Waals surface area (Å²) in [5.74, 6) is 2.51. The minimum absolute atomic E-state index is 0.0433. The van der Waals surface area contributed by atoms with Crippen LogP contribution >= 0.6 is 0 Å². The van der Waals surface area contributed by atoms with Crippen molar-refractivity contribution in [3.8, 4) is 11.5 Å². The molecule has 7 nitrogen and oxygen atoms in total. The Morgan fingerprint density at radius 1 is 0.800 bits per heavy atom. The highest BCUT2D eigenvalue weighted by Gasteiger charge is 2.29. The fourth-order valence-corrected chi connectivity index (χ4v) is 3.82. The summed E-state index contributed by atoms with van der Waals surface area (Å²) in [6.45, 7) is 7.56. The standard InChI is InChI=1S/C24H37BNO5.C8H9O/c1-7-8-24(17-26(2,3)4)31-25(29-18-20-9-13-22(27-5)14-10-20)30-19-21-11-15-23(28-6)16-12-21;1-7-3-5-8(9-2)6-4-7/h9-16,24H,7-8,17-19H2,1-6H3;3-6H,1H2,2H3/q+1;-1. The Morgan fingerprint density at radius 3 is 1.70 bits per heavy atom. The van der Waals surface area contributed by atoms with Gasteiger partial charge in [-0.1, -0.05) is 37.6 Å². The van der Waals surface area contributed by atoms with Gasteiger partial charge >= 0.3 is 7.32 Å². The van der Waals surface area contributed by atoms with Crippen molar-refractivity contribution >= 4 is 7.32 Å². The Morgan fingerprint density at radius 2 is 1.32 bits per heavy atom. The molecule has 1 aliphatic rings. The van der Waals surface area contributed by atoms with Gasteiger partial charge in [-0.15, -0.1) is 24.6 Å². The Kier molecular flexibility index (Phi) is 14.5. The van der Waals surface area contributed by atoms with Crippen molar-refractivity contribution in [1.29, 1.82) is 0 Å². The summed E-state index contributed by atoms with van der Waals surface area (Å²) in [6, 6.07) is 15.6. The summed E-state index contributed by atoms with van der Waals surface area (Å²) < 4.78 is 34.6. The van der Waals surface area contributed by atoms with Crippen molar-refractivity contribution in [2.24, 2.45) is 0 Å². The number of ether oxygens (including phenoxy) is 3. The highest BCUT2D eigenvalue weighted by Crippen LogP contribution is 2.17. The third-order valence-electron chi connectivity index (χ3n) is 5.91. The first-order valence-electron chi connectivity index (χ1n) is 13.6. The third-order valence-corrected chi connectivity index (χ3v) is 5.91. The molecular formula is C32H46BNO6. The van der Waals surface area contributed by atoms with E-state index >= 15 is 0 Å². The Bertz CT molecular complexity index is 1010. The third kappa shape index (κ3) is 13.3. The lowest BCUT2D eigenvalue weighted by Gasteiger charge is -2.30. The van der Waals surface area contributed by atoms with E-state index in [-0.39, 0.29) is 6.10 Å². The SMILES string of the molecule is C=C1C=CC(OC)=C[CH-]1.CCCC(C[N+](C)(C)C)OB(OCc1ccc(OC)cc1)OCc1ccc(OC)cc1. The van der Waals surface area contributed by atoms with Gasteiger partial charge in [0.25, 0.3) is 0 Å². The van der Waals surface area contributed by atoms with Crippen molar-refractivity contribution in [1.82, 2.24) is 0 Å². The van der Waals surface area contributed by atoms with Crippen molar-refractivity contribution in [2.75, 3.05) is 49.0 Å². The lowest BCUT2D eigenvalue weighted by atomic mass is 10.1. The largest absolute Gasteiger partial charge is 0.640 e. The van der Waals surface area contributed by atoms with Crippen LogP contribution in [0, 0.1) is 6.42 Å². The van der Waals surface area contributed by atoms with E-state index in [2.05, 4.69) is 34.6 Å². The first-order valence-corrected chi connectivity index (χ1v) is 13.6. The Labute approximate surface area is 241 Å². The summed E-state index contributed by atoms with van der Waals surface area (Å²) in [5, 5.41) is 0. The van der Waals surface area contributed by atoms with Crippen LogP contribution in [0.3, 0.4) is 0 Å². The number of benzene rings is 2. The molecule has 1 unspecified atom stereocenters. The van der Waals surface area contributed by atoms with Crippen LogP contribution in [0.15, 0.2) is 84.7 Å². The van der Waals surface area contributed by atoms with Gasteiger partial charge in [0.15, 0.2) is 0 Å². The lowest BCUT2D eigenvalue weighted by molar-refractivity contribution is -0.873. The van der Waals surface area contributed by atoms with Crippen molar-refractivity contribution in [2.45, 2.75) is 39.1 Å². The number of allylic oxidation sites excluding steroid dienone is 4. The maximum atomic E-state index is 6.29. The molecule has 0 bridgehead atoms. The molecule has 40 heavy (non-hydrogen) atoms. The highest BCUT2D eigenvalue weighted by atomic mass is 16.7. The molecule has 3 rings (SSSR count). The molecule has 0 aromatic heterocycles. The quantitative estimate of drug-likeness (QED) is 0.150. The molecule has 0 saturated heterocycles. The number of quaternary nitrogens is 1. The molecule has 218 valence electrons. The van der Waals surface area contributed by atoms with Gasteiger partial charge in [-0.05, 0) is 41.8 Å². The van der Waals surface area contributed by atoms with E-state index < -0.39 is 7.32 Å². The van der Waals surface area contributed by atoms with Crippen LogP contribution in [0.4, 0.5) is 0 Å². The summed E-state index contributed by atoms with van der Waals surface area (Å²) in [4.78, 5) is 0. The van der Waals surface area contributed by atoms with Crippen LogP contribution in [0.25, 0.3) is 0 Å². The summed E-state index contributed by atoms with van der Waals surface area (Å²) in [5.41, 5.74) is 3.07. The molecule has 1 aliphatic carbocycles. The van der Waals surface area contributed by atoms with Crippen LogP contribution in [0.1, 0.15) is 30.9 Å². The molecule has 2 aromatic carbocycles. The van der Waals surface area contributed by atoms with Gasteiger partial charge in [0.2, 0.25) is 0 Å². The van der Waals surface area contributed by atoms with Crippen molar-refractivity contribution in [3.63, 3.8) is 0 Å². The molecule has 0 N–H and O–H groups in total. The van der Waals surface area contributed by atoms with E-state index in [1.807, 2.05) is 73.2 Å². The summed E-state index contributed by atoms with van der Waals surface area (Å²) in [6.07, 6.45) is 9.64. The number of methoxy groups -OCH3 is 3. The molecule has 0 spiro atoms. The molecule has 0 heterocycles. The minimum atomic E-state index is -0.757. The van der Waals surface area contributed by atoms with Gasteiger partial charge in [0.05, 0.1) is 61.8 Å². The first-order chi connectivity index (χ1) is 19.1. The van der Waals surface area contributed by atoms with E-state index in [1.165, 1.54) is 0 Å². The van der Waals surface area contributed by atoms with Gasteiger partial charge in [-0.2, -0.15) is 12.2 Å². The molecule has 0 radical (unpaired) electrons. The topological polar surface area (TPSA) is 55.4 Å². The zero-order chi connectivity index (χ0) is 29.4. The molecular weight excluding hydrogens is 505 g/mol. The van der Waals surface area contributed by atoms with Crippen LogP contribution in [-0.4, -0.2) is 66.9 Å². The fraction of sp³-hybridized carbons (Fsp3) is 0.406. The van der Waals surface area contributed by atoms with Crippen LogP contribution in [0.5, 0.6) is 11.5 Å². The number of likely N-dealkylation sites (N-methyl/N-ethyl adjacent to an activating group) is 1. The van der Waals surface area contributed by atoms with Crippen LogP contribution < -0.4 is 9.47 Å². The second-order valence-electron chi connectivity index (χ2n) is 10.5. The molecule has 0 fully saturated rings. The molecule has 0 aliphatic heterocycles. The van der Waals surface area contributed by atoms with Crippen LogP contribution in [0.2, 0.25) is 0 Å². The second kappa shape index (κ2) is 17.5. The molecule has 0 saturated carbocycles. The van der Waals surface area contributed by atoms with Crippen molar-refractivity contribution in [3.05, 3.63) is 102 Å². The van der Waals surface area contributed by atoms with E-state index in [0.717, 1.165) is 57.8 Å². The summed E-state index contributed by atoms with van der Waals surface area (Å²) >= 11 is 0. The van der Waals surface area contributed by atoms with Gasteiger partial charge in [-0.3, -0.25) is 0 Å². The number of hydrogen-bond donors (Lipinski definition) is 0. The molecule has 2 aromatic rings. The average molecular weight is 552 g/mol. The van der Waals surface area contributed by atoms with Gasteiger partial charge < -0.3 is 32.7 Å². The minimum Gasteiger partial charge on any atom is -0.540 e. The van der Waals surface area contributed by atoms with E-state index in [0.29, 0.717) is 13.2 Å². The number of hydrogen-bond acceptors (Lipinski definition) is 6. The van der Waals surface area contributed by atoms with Crippen molar-refractivity contribution < 1.29 is 32.7 Å². The van der Waals surface area contributed by atoms with Crippen LogP contribution in [-0.2, 0) is 31.9 Å². The Hall–Kier alpha value is -3.17. The van der Waals surface area contributed by atoms with E-state index in [1.54, 1.807) is 21.3 Å². The maximum absolute atomic E-state index is 6.29. The predicted octanol–water partition coefficient (Wildman–Crippen LogP) is 6.16. The van der Waals surface area contributed by atoms with Gasteiger partial charge in [0, 0.05) is 5.76 Å². The summed E-state index contributed by atoms with van der Waals surface area (Å²) in [7, 11) is 10.7. The monoisotopic (exact) mass is 551 g/mol. The zero-order valence-electron chi connectivity index (χ0n) is 25.2. The lowest BCUT2D eigenvalue weighted by Crippen LogP contribution is -2.45. The molecule has 8 heteroatoms. The smallest absolute Gasteiger partial charge is 0.540 e. The molecule has 0 amide bonds.